The number of nitrogens with one attached hydrogen (secondary N) is 1. The first-order valence-corrected chi connectivity index (χ1v) is 4.18. The van der Waals surface area contributed by atoms with Gasteiger partial charge in [0, 0.05) is 13.1 Å². The molecule has 0 saturated carbocycles. The van der Waals surface area contributed by atoms with Crippen LogP contribution in [-0.2, 0) is 11.3 Å². The number of amides is 1. The lowest BCUT2D eigenvalue weighted by Gasteiger charge is -2.07. The molecule has 14 heavy (non-hydrogen) atoms. The smallest absolute Gasteiger partial charge is 0.239 e. The molecular weight excluding hydrogens is 184 g/mol. The molecule has 1 aromatic rings. The van der Waals surface area contributed by atoms with Crippen molar-refractivity contribution in [1.29, 1.82) is 0 Å². The van der Waals surface area contributed by atoms with E-state index >= 15 is 0 Å². The molecule has 78 valence electrons. The molecule has 7 heteroatoms. The molecule has 0 aliphatic rings. The van der Waals surface area contributed by atoms with Gasteiger partial charge in [-0.3, -0.25) is 4.79 Å². The quantitative estimate of drug-likeness (QED) is 0.449. The molecule has 0 aromatic carbocycles. The van der Waals surface area contributed by atoms with E-state index in [0.29, 0.717) is 24.6 Å². The van der Waals surface area contributed by atoms with Crippen LogP contribution in [0.2, 0.25) is 0 Å². The topological polar surface area (TPSA) is 125 Å². The lowest BCUT2D eigenvalue weighted by Crippen LogP contribution is -2.22. The number of nitrogen functional groups attached to an aromatic ring is 1. The van der Waals surface area contributed by atoms with Crippen LogP contribution >= 0.6 is 0 Å². The Kier molecular flexibility index (Phi) is 3.29. The van der Waals surface area contributed by atoms with Gasteiger partial charge in [-0.1, -0.05) is 0 Å². The second-order valence-electron chi connectivity index (χ2n) is 2.79. The summed E-state index contributed by atoms with van der Waals surface area (Å²) in [6.45, 7) is 1.04. The van der Waals surface area contributed by atoms with Gasteiger partial charge in [0.2, 0.25) is 5.91 Å². The molecule has 0 saturated heterocycles. The van der Waals surface area contributed by atoms with Crippen molar-refractivity contribution in [2.75, 3.05) is 24.1 Å². The minimum Gasteiger partial charge on any atom is -0.394 e. The van der Waals surface area contributed by atoms with Crippen LogP contribution in [0.5, 0.6) is 0 Å². The lowest BCUT2D eigenvalue weighted by atomic mass is 10.5. The Labute approximate surface area is 81.2 Å². The molecule has 0 aliphatic heterocycles. The first-order chi connectivity index (χ1) is 6.65. The Morgan fingerprint density at radius 1 is 1.64 bits per heavy atom. The molecule has 0 spiro atoms. The maximum Gasteiger partial charge on any atom is 0.239 e. The number of nitrogens with zero attached hydrogens (tertiary/aromatic N) is 2. The Morgan fingerprint density at radius 2 is 2.36 bits per heavy atom. The number of carbonyl (C=O) groups excluding carboxylic acids is 1. The van der Waals surface area contributed by atoms with Gasteiger partial charge in [0.1, 0.15) is 12.4 Å². The van der Waals surface area contributed by atoms with Gasteiger partial charge in [-0.05, 0) is 0 Å². The summed E-state index contributed by atoms with van der Waals surface area (Å²) < 4.78 is 1.41. The summed E-state index contributed by atoms with van der Waals surface area (Å²) in [7, 11) is 0. The van der Waals surface area contributed by atoms with E-state index in [9.17, 15) is 4.79 Å². The number of hydrogen-bond donors (Lipinski definition) is 4. The fraction of sp³-hybridized carbons (Fsp3) is 0.429. The fourth-order valence-electron chi connectivity index (χ4n) is 1.05. The molecule has 7 N–H and O–H groups in total. The van der Waals surface area contributed by atoms with Crippen LogP contribution in [0.1, 0.15) is 0 Å². The normalized spacial score (nSPS) is 10.1. The zero-order valence-corrected chi connectivity index (χ0v) is 7.73. The van der Waals surface area contributed by atoms with Crippen LogP contribution in [0.4, 0.5) is 11.5 Å². The summed E-state index contributed by atoms with van der Waals surface area (Å²) in [5.74, 6) is 0.109. The number of aromatic nitrogens is 2. The summed E-state index contributed by atoms with van der Waals surface area (Å²) in [5.41, 5.74) is 16.5. The first kappa shape index (κ1) is 10.3. The number of hydrogen-bond acceptors (Lipinski definition) is 5. The second kappa shape index (κ2) is 4.47. The van der Waals surface area contributed by atoms with Gasteiger partial charge >= 0.3 is 0 Å². The number of primary amides is 1. The number of anilines is 2. The van der Waals surface area contributed by atoms with Crippen molar-refractivity contribution >= 4 is 17.4 Å². The van der Waals surface area contributed by atoms with Crippen molar-refractivity contribution in [1.82, 2.24) is 9.78 Å². The van der Waals surface area contributed by atoms with E-state index in [1.165, 1.54) is 10.9 Å². The lowest BCUT2D eigenvalue weighted by molar-refractivity contribution is -0.118. The fourth-order valence-corrected chi connectivity index (χ4v) is 1.05. The Morgan fingerprint density at radius 3 is 2.93 bits per heavy atom. The maximum absolute atomic E-state index is 10.7. The van der Waals surface area contributed by atoms with E-state index in [0.717, 1.165) is 0 Å². The highest BCUT2D eigenvalue weighted by atomic mass is 16.1. The van der Waals surface area contributed by atoms with Crippen LogP contribution in [0, 0.1) is 0 Å². The Bertz CT molecular complexity index is 320. The highest BCUT2D eigenvalue weighted by Gasteiger charge is 2.08. The third-order valence-electron chi connectivity index (χ3n) is 1.61. The monoisotopic (exact) mass is 198 g/mol. The Hall–Kier alpha value is -1.76. The van der Waals surface area contributed by atoms with Gasteiger partial charge in [0.25, 0.3) is 0 Å². The van der Waals surface area contributed by atoms with Crippen molar-refractivity contribution in [3.8, 4) is 0 Å². The summed E-state index contributed by atoms with van der Waals surface area (Å²) in [6, 6.07) is 0. The zero-order chi connectivity index (χ0) is 10.6. The summed E-state index contributed by atoms with van der Waals surface area (Å²) in [4.78, 5) is 10.7. The van der Waals surface area contributed by atoms with E-state index in [1.807, 2.05) is 0 Å². The van der Waals surface area contributed by atoms with Gasteiger partial charge in [-0.2, -0.15) is 5.10 Å². The molecule has 1 rings (SSSR count). The molecule has 1 amide bonds. The average molecular weight is 198 g/mol. The van der Waals surface area contributed by atoms with E-state index in [-0.39, 0.29) is 6.54 Å². The molecule has 0 bridgehead atoms. The number of carbonyl (C=O) groups is 1. The standard InChI is InChI=1S/C7H14N6O/c8-1-2-11-7-5(9)3-12-13(7)4-6(10)14/h3,11H,1-2,4,8-9H2,(H2,10,14). The minimum atomic E-state index is -0.469. The predicted molar refractivity (Wildman–Crippen MR) is 53.4 cm³/mol. The molecule has 0 atom stereocenters. The highest BCUT2D eigenvalue weighted by molar-refractivity contribution is 5.75. The molecule has 0 radical (unpaired) electrons. The third-order valence-corrected chi connectivity index (χ3v) is 1.61. The van der Waals surface area contributed by atoms with E-state index in [4.69, 9.17) is 17.2 Å². The van der Waals surface area contributed by atoms with Crippen LogP contribution in [0.15, 0.2) is 6.20 Å². The largest absolute Gasteiger partial charge is 0.394 e. The van der Waals surface area contributed by atoms with Crippen LogP contribution < -0.4 is 22.5 Å². The van der Waals surface area contributed by atoms with Gasteiger partial charge in [-0.25, -0.2) is 4.68 Å². The Balaban J connectivity index is 2.77. The SMILES string of the molecule is NCCNc1c(N)cnn1CC(N)=O. The maximum atomic E-state index is 10.7. The van der Waals surface area contributed by atoms with Crippen molar-refractivity contribution in [2.24, 2.45) is 11.5 Å². The second-order valence-corrected chi connectivity index (χ2v) is 2.79. The van der Waals surface area contributed by atoms with Crippen molar-refractivity contribution in [2.45, 2.75) is 6.54 Å². The zero-order valence-electron chi connectivity index (χ0n) is 7.73. The first-order valence-electron chi connectivity index (χ1n) is 4.18. The number of rotatable bonds is 5. The van der Waals surface area contributed by atoms with E-state index in [1.54, 1.807) is 0 Å². The van der Waals surface area contributed by atoms with Crippen LogP contribution in [0.3, 0.4) is 0 Å². The van der Waals surface area contributed by atoms with E-state index < -0.39 is 5.91 Å². The van der Waals surface area contributed by atoms with Crippen LogP contribution in [-0.4, -0.2) is 28.8 Å². The predicted octanol–water partition coefficient (Wildman–Crippen LogP) is -1.68. The van der Waals surface area contributed by atoms with Crippen molar-refractivity contribution in [3.05, 3.63) is 6.20 Å². The molecule has 0 fully saturated rings. The molecule has 7 nitrogen and oxygen atoms in total. The molecule has 0 unspecified atom stereocenters. The average Bonchev–Trinajstić information content (AvgIpc) is 2.44. The van der Waals surface area contributed by atoms with Gasteiger partial charge in [-0.15, -0.1) is 0 Å². The third kappa shape index (κ3) is 2.36. The molecule has 1 aromatic heterocycles. The summed E-state index contributed by atoms with van der Waals surface area (Å²) in [5, 5.41) is 6.86. The summed E-state index contributed by atoms with van der Waals surface area (Å²) >= 11 is 0. The molecule has 1 heterocycles. The van der Waals surface area contributed by atoms with Gasteiger partial charge < -0.3 is 22.5 Å². The number of nitrogens with two attached hydrogens (primary N) is 3. The van der Waals surface area contributed by atoms with Crippen LogP contribution in [0.25, 0.3) is 0 Å². The summed E-state index contributed by atoms with van der Waals surface area (Å²) in [6.07, 6.45) is 1.46. The van der Waals surface area contributed by atoms with Crippen molar-refractivity contribution in [3.63, 3.8) is 0 Å². The molecule has 0 aliphatic carbocycles. The minimum absolute atomic E-state index is 0.00407. The van der Waals surface area contributed by atoms with Gasteiger partial charge in [0.05, 0.1) is 11.9 Å². The highest BCUT2D eigenvalue weighted by Crippen LogP contribution is 2.16. The van der Waals surface area contributed by atoms with Gasteiger partial charge in [0.15, 0.2) is 0 Å². The van der Waals surface area contributed by atoms with Crippen molar-refractivity contribution < 1.29 is 4.79 Å². The van der Waals surface area contributed by atoms with E-state index in [2.05, 4.69) is 10.4 Å². The molecular formula is C7H14N6O.